The van der Waals surface area contributed by atoms with Gasteiger partial charge >= 0.3 is 6.61 Å². The van der Waals surface area contributed by atoms with Crippen LogP contribution < -0.4 is 10.1 Å². The topological polar surface area (TPSA) is 64.1 Å². The zero-order valence-corrected chi connectivity index (χ0v) is 18.0. The SMILES string of the molecule is Cc1nc(-c2ccc(CC(=O)Nc3nc(-c4ccccc4OC(F)F)cs3)cc2)cs1. The van der Waals surface area contributed by atoms with Gasteiger partial charge in [-0.3, -0.25) is 4.79 Å². The molecule has 0 saturated carbocycles. The molecule has 0 unspecified atom stereocenters. The van der Waals surface area contributed by atoms with Crippen molar-refractivity contribution in [3.05, 3.63) is 69.9 Å². The first-order valence-corrected chi connectivity index (χ1v) is 11.0. The highest BCUT2D eigenvalue weighted by Crippen LogP contribution is 2.33. The predicted octanol–water partition coefficient (Wildman–Crippen LogP) is 6.02. The second-order valence-corrected chi connectivity index (χ2v) is 8.51. The van der Waals surface area contributed by atoms with Gasteiger partial charge in [-0.2, -0.15) is 8.78 Å². The zero-order valence-electron chi connectivity index (χ0n) is 16.3. The molecule has 2 aromatic carbocycles. The fourth-order valence-electron chi connectivity index (χ4n) is 2.97. The first kappa shape index (κ1) is 21.1. The van der Waals surface area contributed by atoms with Gasteiger partial charge in [0.25, 0.3) is 0 Å². The van der Waals surface area contributed by atoms with E-state index in [1.807, 2.05) is 36.6 Å². The van der Waals surface area contributed by atoms with Crippen LogP contribution in [-0.4, -0.2) is 22.5 Å². The molecule has 4 rings (SSSR count). The van der Waals surface area contributed by atoms with Crippen LogP contribution in [0.5, 0.6) is 5.75 Å². The van der Waals surface area contributed by atoms with E-state index >= 15 is 0 Å². The van der Waals surface area contributed by atoms with Gasteiger partial charge in [0.2, 0.25) is 5.91 Å². The first-order valence-electron chi connectivity index (χ1n) is 9.29. The van der Waals surface area contributed by atoms with Gasteiger partial charge in [0.1, 0.15) is 5.75 Å². The Bertz CT molecular complexity index is 1190. The van der Waals surface area contributed by atoms with Crippen molar-refractivity contribution in [3.8, 4) is 28.3 Å². The van der Waals surface area contributed by atoms with E-state index in [1.165, 1.54) is 17.4 Å². The Morgan fingerprint density at radius 2 is 1.77 bits per heavy atom. The maximum Gasteiger partial charge on any atom is 0.387 e. The third-order valence-electron chi connectivity index (χ3n) is 4.36. The summed E-state index contributed by atoms with van der Waals surface area (Å²) in [6, 6.07) is 14.1. The second-order valence-electron chi connectivity index (χ2n) is 6.59. The van der Waals surface area contributed by atoms with Crippen molar-refractivity contribution in [2.24, 2.45) is 0 Å². The van der Waals surface area contributed by atoms with Crippen LogP contribution in [0.1, 0.15) is 10.6 Å². The largest absolute Gasteiger partial charge is 0.434 e. The molecule has 2 aromatic heterocycles. The molecule has 2 heterocycles. The summed E-state index contributed by atoms with van der Waals surface area (Å²) in [4.78, 5) is 21.2. The fraction of sp³-hybridized carbons (Fsp3) is 0.136. The average Bonchev–Trinajstić information content (AvgIpc) is 3.37. The molecule has 9 heteroatoms. The number of carbonyl (C=O) groups is 1. The molecule has 4 aromatic rings. The summed E-state index contributed by atoms with van der Waals surface area (Å²) >= 11 is 2.81. The lowest BCUT2D eigenvalue weighted by atomic mass is 10.1. The summed E-state index contributed by atoms with van der Waals surface area (Å²) in [5, 5.41) is 7.84. The van der Waals surface area contributed by atoms with Gasteiger partial charge in [0.05, 0.1) is 22.8 Å². The highest BCUT2D eigenvalue weighted by atomic mass is 32.1. The van der Waals surface area contributed by atoms with Gasteiger partial charge in [-0.15, -0.1) is 22.7 Å². The number of aromatic nitrogens is 2. The Balaban J connectivity index is 1.41. The summed E-state index contributed by atoms with van der Waals surface area (Å²) in [7, 11) is 0. The van der Waals surface area contributed by atoms with Gasteiger partial charge in [-0.05, 0) is 24.6 Å². The molecule has 5 nitrogen and oxygen atoms in total. The Labute approximate surface area is 185 Å². The zero-order chi connectivity index (χ0) is 21.8. The summed E-state index contributed by atoms with van der Waals surface area (Å²) < 4.78 is 29.8. The van der Waals surface area contributed by atoms with Crippen LogP contribution in [0.3, 0.4) is 0 Å². The number of thiazole rings is 2. The molecule has 0 bridgehead atoms. The number of benzene rings is 2. The van der Waals surface area contributed by atoms with Crippen molar-refractivity contribution in [2.75, 3.05) is 5.32 Å². The number of ether oxygens (including phenoxy) is 1. The standard InChI is InChI=1S/C22H17F2N3O2S2/c1-13-25-17(11-30-13)15-8-6-14(7-9-15)10-20(28)27-22-26-18(12-31-22)16-4-2-3-5-19(16)29-21(23)24/h2-9,11-12,21H,10H2,1H3,(H,26,27,28). The molecular formula is C22H17F2N3O2S2. The van der Waals surface area contributed by atoms with Gasteiger partial charge in [0, 0.05) is 21.9 Å². The Morgan fingerprint density at radius 3 is 2.48 bits per heavy atom. The fourth-order valence-corrected chi connectivity index (χ4v) is 4.32. The molecule has 0 atom stereocenters. The number of anilines is 1. The third-order valence-corrected chi connectivity index (χ3v) is 5.89. The van der Waals surface area contributed by atoms with E-state index < -0.39 is 6.61 Å². The molecule has 0 aliphatic carbocycles. The number of carbonyl (C=O) groups excluding carboxylic acids is 1. The number of halogens is 2. The Hall–Kier alpha value is -3.17. The Morgan fingerprint density at radius 1 is 1.03 bits per heavy atom. The number of rotatable bonds is 7. The molecule has 1 amide bonds. The first-order chi connectivity index (χ1) is 15.0. The van der Waals surface area contributed by atoms with Crippen molar-refractivity contribution >= 4 is 33.7 Å². The number of nitrogens with zero attached hydrogens (tertiary/aromatic N) is 2. The van der Waals surface area contributed by atoms with Gasteiger partial charge in [0.15, 0.2) is 5.13 Å². The Kier molecular flexibility index (Phi) is 6.34. The minimum atomic E-state index is -2.93. The van der Waals surface area contributed by atoms with Crippen LogP contribution in [0, 0.1) is 6.92 Å². The lowest BCUT2D eigenvalue weighted by molar-refractivity contribution is -0.115. The number of alkyl halides is 2. The van der Waals surface area contributed by atoms with Crippen molar-refractivity contribution < 1.29 is 18.3 Å². The second kappa shape index (κ2) is 9.32. The van der Waals surface area contributed by atoms with Crippen molar-refractivity contribution in [1.29, 1.82) is 0 Å². The number of hydrogen-bond donors (Lipinski definition) is 1. The van der Waals surface area contributed by atoms with Gasteiger partial charge in [-0.1, -0.05) is 36.4 Å². The van der Waals surface area contributed by atoms with Crippen LogP contribution in [0.15, 0.2) is 59.3 Å². The van der Waals surface area contributed by atoms with Crippen molar-refractivity contribution in [3.63, 3.8) is 0 Å². The number of aryl methyl sites for hydroxylation is 1. The van der Waals surface area contributed by atoms with E-state index in [9.17, 15) is 13.6 Å². The van der Waals surface area contributed by atoms with E-state index in [4.69, 9.17) is 0 Å². The molecule has 0 aliphatic rings. The smallest absolute Gasteiger partial charge is 0.387 e. The van der Waals surface area contributed by atoms with Crippen LogP contribution in [-0.2, 0) is 11.2 Å². The minimum Gasteiger partial charge on any atom is -0.434 e. The van der Waals surface area contributed by atoms with Gasteiger partial charge < -0.3 is 10.1 Å². The van der Waals surface area contributed by atoms with E-state index in [0.717, 1.165) is 21.8 Å². The molecule has 31 heavy (non-hydrogen) atoms. The number of amides is 1. The monoisotopic (exact) mass is 457 g/mol. The quantitative estimate of drug-likeness (QED) is 0.368. The van der Waals surface area contributed by atoms with E-state index in [-0.39, 0.29) is 18.1 Å². The van der Waals surface area contributed by atoms with E-state index in [0.29, 0.717) is 16.4 Å². The maximum atomic E-state index is 12.6. The molecular weight excluding hydrogens is 440 g/mol. The molecule has 0 radical (unpaired) electrons. The molecule has 0 aliphatic heterocycles. The van der Waals surface area contributed by atoms with E-state index in [1.54, 1.807) is 34.9 Å². The molecule has 158 valence electrons. The summed E-state index contributed by atoms with van der Waals surface area (Å²) in [6.07, 6.45) is 0.191. The molecule has 0 spiro atoms. The van der Waals surface area contributed by atoms with Crippen LogP contribution in [0.25, 0.3) is 22.5 Å². The van der Waals surface area contributed by atoms with Crippen molar-refractivity contribution in [2.45, 2.75) is 20.0 Å². The van der Waals surface area contributed by atoms with Crippen LogP contribution in [0.4, 0.5) is 13.9 Å². The summed E-state index contributed by atoms with van der Waals surface area (Å²) in [6.45, 7) is -0.966. The molecule has 0 fully saturated rings. The number of nitrogens with one attached hydrogen (secondary N) is 1. The molecule has 1 N–H and O–H groups in total. The average molecular weight is 458 g/mol. The summed E-state index contributed by atoms with van der Waals surface area (Å²) in [5.41, 5.74) is 3.68. The van der Waals surface area contributed by atoms with Crippen LogP contribution in [0.2, 0.25) is 0 Å². The third kappa shape index (κ3) is 5.31. The van der Waals surface area contributed by atoms with Gasteiger partial charge in [-0.25, -0.2) is 9.97 Å². The normalized spacial score (nSPS) is 11.0. The van der Waals surface area contributed by atoms with Crippen molar-refractivity contribution in [1.82, 2.24) is 9.97 Å². The number of para-hydroxylation sites is 1. The lowest BCUT2D eigenvalue weighted by Crippen LogP contribution is -2.14. The minimum absolute atomic E-state index is 0.0380. The van der Waals surface area contributed by atoms with E-state index in [2.05, 4.69) is 20.0 Å². The lowest BCUT2D eigenvalue weighted by Gasteiger charge is -2.08. The highest BCUT2D eigenvalue weighted by molar-refractivity contribution is 7.14. The van der Waals surface area contributed by atoms with Crippen LogP contribution >= 0.6 is 22.7 Å². The maximum absolute atomic E-state index is 12.6. The highest BCUT2D eigenvalue weighted by Gasteiger charge is 2.14. The number of hydrogen-bond acceptors (Lipinski definition) is 6. The summed E-state index contributed by atoms with van der Waals surface area (Å²) in [5.74, 6) is -0.175. The molecule has 0 saturated heterocycles. The predicted molar refractivity (Wildman–Crippen MR) is 119 cm³/mol.